The Morgan fingerprint density at radius 3 is 1.33 bits per heavy atom. The van der Waals surface area contributed by atoms with Crippen molar-refractivity contribution in [2.24, 2.45) is 0 Å². The van der Waals surface area contributed by atoms with Crippen molar-refractivity contribution in [3.05, 3.63) is 12.2 Å². The normalized spacial score (nSPS) is 15.3. The number of carbonyl (C=O) groups is 2. The third kappa shape index (κ3) is 8.94. The summed E-state index contributed by atoms with van der Waals surface area (Å²) in [5.74, 6) is -1.16. The Kier molecular flexibility index (Phi) is 3.72. The van der Waals surface area contributed by atoms with Gasteiger partial charge in [0.15, 0.2) is 0 Å². The van der Waals surface area contributed by atoms with Gasteiger partial charge in [0.25, 0.3) is 0 Å². The largest absolute Gasteiger partial charge is 0.668 e. The van der Waals surface area contributed by atoms with Gasteiger partial charge in [-0.2, -0.15) is 0 Å². The molecule has 0 saturated heterocycles. The van der Waals surface area contributed by atoms with E-state index in [1.807, 2.05) is 0 Å². The second-order valence-corrected chi connectivity index (χ2v) is 2.87. The second-order valence-electron chi connectivity index (χ2n) is 1.67. The third-order valence-electron chi connectivity index (χ3n) is 0.557. The van der Waals surface area contributed by atoms with E-state index in [0.717, 1.165) is 12.2 Å². The van der Waals surface area contributed by atoms with Gasteiger partial charge in [-0.1, -0.05) is 0 Å². The lowest BCUT2D eigenvalue weighted by atomic mass is 10.6. The molecule has 8 heteroatoms. The van der Waals surface area contributed by atoms with Crippen molar-refractivity contribution in [2.45, 2.75) is 0 Å². The number of carbonyl (C=O) groups excluding carboxylic acids is 2. The molecule has 1 heterocycles. The first-order valence-corrected chi connectivity index (χ1v) is 4.41. The molecule has 0 amide bonds. The first-order chi connectivity index (χ1) is 5.29. The van der Waals surface area contributed by atoms with Crippen molar-refractivity contribution in [1.29, 1.82) is 0 Å². The molecule has 0 saturated carbocycles. The molecule has 7 nitrogen and oxygen atoms in total. The molecule has 0 radical (unpaired) electrons. The van der Waals surface area contributed by atoms with Crippen LogP contribution in [0, 0.1) is 0 Å². The van der Waals surface area contributed by atoms with Crippen LogP contribution in [0.4, 0.5) is 0 Å². The molecular formula is C4H6O7Si. The van der Waals surface area contributed by atoms with Gasteiger partial charge >= 0.3 is 21.0 Å². The zero-order valence-electron chi connectivity index (χ0n) is 5.67. The summed E-state index contributed by atoms with van der Waals surface area (Å²) in [6.45, 7) is 0. The van der Waals surface area contributed by atoms with Crippen molar-refractivity contribution in [3.8, 4) is 0 Å². The van der Waals surface area contributed by atoms with E-state index in [1.54, 1.807) is 0 Å². The van der Waals surface area contributed by atoms with E-state index >= 15 is 0 Å². The van der Waals surface area contributed by atoms with E-state index in [4.69, 9.17) is 19.2 Å². The predicted octanol–water partition coefficient (Wildman–Crippen LogP) is -2.98. The molecule has 1 aliphatic rings. The van der Waals surface area contributed by atoms with E-state index in [1.165, 1.54) is 0 Å². The quantitative estimate of drug-likeness (QED) is 0.184. The molecule has 12 heavy (non-hydrogen) atoms. The molecule has 0 aromatic heterocycles. The fourth-order valence-corrected chi connectivity index (χ4v) is 0.303. The van der Waals surface area contributed by atoms with Crippen molar-refractivity contribution < 1.29 is 33.5 Å². The van der Waals surface area contributed by atoms with Gasteiger partial charge in [-0.05, 0) is 0 Å². The van der Waals surface area contributed by atoms with Crippen molar-refractivity contribution >= 4 is 21.0 Å². The van der Waals surface area contributed by atoms with Crippen LogP contribution in [-0.4, -0.2) is 40.2 Å². The molecule has 0 bridgehead atoms. The Morgan fingerprint density at radius 2 is 1.25 bits per heavy atom. The van der Waals surface area contributed by atoms with Crippen LogP contribution < -0.4 is 0 Å². The molecule has 0 aliphatic carbocycles. The Bertz CT molecular complexity index is 192. The first-order valence-electron chi connectivity index (χ1n) is 2.62. The van der Waals surface area contributed by atoms with Crippen LogP contribution in [0.25, 0.3) is 0 Å². The Balaban J connectivity index is 0.000000217. The van der Waals surface area contributed by atoms with Gasteiger partial charge in [0.1, 0.15) is 0 Å². The van der Waals surface area contributed by atoms with Gasteiger partial charge in [0.2, 0.25) is 0 Å². The van der Waals surface area contributed by atoms with Gasteiger partial charge < -0.3 is 23.9 Å². The highest BCUT2D eigenvalue weighted by Gasteiger charge is 2.22. The van der Waals surface area contributed by atoms with Gasteiger partial charge in [-0.15, -0.1) is 0 Å². The van der Waals surface area contributed by atoms with E-state index in [9.17, 15) is 9.59 Å². The minimum absolute atomic E-state index is 0.579. The molecule has 1 rings (SSSR count). The number of rotatable bonds is 0. The molecule has 0 unspecified atom stereocenters. The predicted molar refractivity (Wildman–Crippen MR) is 34.9 cm³/mol. The van der Waals surface area contributed by atoms with Gasteiger partial charge in [0.05, 0.1) is 0 Å². The molecule has 0 aromatic rings. The summed E-state index contributed by atoms with van der Waals surface area (Å²) in [4.78, 5) is 49.2. The minimum atomic E-state index is -4.61. The summed E-state index contributed by atoms with van der Waals surface area (Å²) in [5.41, 5.74) is 0. The topological polar surface area (TPSA) is 124 Å². The van der Waals surface area contributed by atoms with E-state index in [0.29, 0.717) is 0 Å². The zero-order valence-corrected chi connectivity index (χ0v) is 6.67. The number of cyclic esters (lactones) is 2. The molecule has 0 fully saturated rings. The molecule has 68 valence electrons. The van der Waals surface area contributed by atoms with Gasteiger partial charge in [-0.25, -0.2) is 9.59 Å². The first kappa shape index (κ1) is 10.9. The van der Waals surface area contributed by atoms with Crippen molar-refractivity contribution in [1.82, 2.24) is 0 Å². The van der Waals surface area contributed by atoms with Crippen LogP contribution in [0.3, 0.4) is 0 Å². The van der Waals surface area contributed by atoms with E-state index in [-0.39, 0.29) is 0 Å². The second kappa shape index (κ2) is 4.09. The number of ether oxygens (including phenoxy) is 1. The SMILES string of the molecule is O=C1C=CC(=O)O1.O[Si](O)(O)O. The summed E-state index contributed by atoms with van der Waals surface area (Å²) in [5, 5.41) is 0. The summed E-state index contributed by atoms with van der Waals surface area (Å²) in [7, 11) is -4.61. The standard InChI is InChI=1S/C4H2O3.H4O4Si/c5-3-1-2-4(6)7-3;1-5(2,3)4/h1-2H;1-4H. The van der Waals surface area contributed by atoms with Crippen LogP contribution >= 0.6 is 0 Å². The zero-order chi connectivity index (χ0) is 9.78. The smallest absolute Gasteiger partial charge is 0.387 e. The molecule has 0 aromatic carbocycles. The average molecular weight is 194 g/mol. The van der Waals surface area contributed by atoms with Crippen LogP contribution in [0.2, 0.25) is 0 Å². The van der Waals surface area contributed by atoms with Gasteiger partial charge in [0, 0.05) is 12.2 Å². The maximum atomic E-state index is 9.92. The maximum Gasteiger partial charge on any atom is 0.668 e. The van der Waals surface area contributed by atoms with Gasteiger partial charge in [-0.3, -0.25) is 0 Å². The Morgan fingerprint density at radius 1 is 1.00 bits per heavy atom. The van der Waals surface area contributed by atoms with Crippen LogP contribution in [0.1, 0.15) is 0 Å². The number of hydrogen-bond donors (Lipinski definition) is 4. The number of hydrogen-bond acceptors (Lipinski definition) is 7. The van der Waals surface area contributed by atoms with Crippen molar-refractivity contribution in [2.75, 3.05) is 0 Å². The Hall–Kier alpha value is -1.06. The maximum absolute atomic E-state index is 9.92. The average Bonchev–Trinajstić information content (AvgIpc) is 2.09. The summed E-state index contributed by atoms with van der Waals surface area (Å²) >= 11 is 0. The highest BCUT2D eigenvalue weighted by Crippen LogP contribution is 1.92. The monoisotopic (exact) mass is 194 g/mol. The lowest BCUT2D eigenvalue weighted by Gasteiger charge is -1.91. The van der Waals surface area contributed by atoms with Crippen LogP contribution in [-0.2, 0) is 14.3 Å². The summed E-state index contributed by atoms with van der Waals surface area (Å²) in [6.07, 6.45) is 2.17. The fraction of sp³-hybridized carbons (Fsp3) is 0. The lowest BCUT2D eigenvalue weighted by molar-refractivity contribution is -0.150. The summed E-state index contributed by atoms with van der Waals surface area (Å²) in [6, 6.07) is 0. The molecule has 1 aliphatic heterocycles. The van der Waals surface area contributed by atoms with Crippen molar-refractivity contribution in [3.63, 3.8) is 0 Å². The molecule has 0 atom stereocenters. The fourth-order valence-electron chi connectivity index (χ4n) is 0.303. The Labute approximate surface area is 67.6 Å². The minimum Gasteiger partial charge on any atom is -0.387 e. The highest BCUT2D eigenvalue weighted by molar-refractivity contribution is 6.46. The van der Waals surface area contributed by atoms with E-state index in [2.05, 4.69) is 4.74 Å². The van der Waals surface area contributed by atoms with Crippen LogP contribution in [0.15, 0.2) is 12.2 Å². The molecule has 0 spiro atoms. The number of esters is 2. The highest BCUT2D eigenvalue weighted by atomic mass is 28.4. The van der Waals surface area contributed by atoms with E-state index < -0.39 is 21.0 Å². The third-order valence-corrected chi connectivity index (χ3v) is 0.557. The molecule has 4 N–H and O–H groups in total. The lowest BCUT2D eigenvalue weighted by Crippen LogP contribution is -2.33. The summed E-state index contributed by atoms with van der Waals surface area (Å²) < 4.78 is 3.97. The molecular weight excluding hydrogens is 188 g/mol. The van der Waals surface area contributed by atoms with Crippen LogP contribution in [0.5, 0.6) is 0 Å².